The van der Waals surface area contributed by atoms with Crippen molar-refractivity contribution >= 4 is 34.7 Å². The Bertz CT molecular complexity index is 837. The lowest BCUT2D eigenvalue weighted by atomic mass is 10.2. The highest BCUT2D eigenvalue weighted by Gasteiger charge is 2.10. The molecule has 0 bridgehead atoms. The Kier molecular flexibility index (Phi) is 6.18. The molecule has 0 N–H and O–H groups in total. The molecule has 0 unspecified atom stereocenters. The van der Waals surface area contributed by atoms with Gasteiger partial charge in [-0.15, -0.1) is 23.1 Å². The summed E-state index contributed by atoms with van der Waals surface area (Å²) in [4.78, 5) is 9.00. The quantitative estimate of drug-likeness (QED) is 0.492. The molecule has 0 aliphatic heterocycles. The maximum atomic E-state index is 5.85. The van der Waals surface area contributed by atoms with Gasteiger partial charge in [-0.1, -0.05) is 11.6 Å². The number of benzene rings is 1. The number of halogens is 1. The molecule has 2 aromatic heterocycles. The number of hydrogen-bond donors (Lipinski definition) is 0. The fourth-order valence-corrected chi connectivity index (χ4v) is 3.95. The van der Waals surface area contributed by atoms with Crippen LogP contribution in [0.4, 0.5) is 0 Å². The van der Waals surface area contributed by atoms with Crippen LogP contribution in [0.2, 0.25) is 5.02 Å². The molecular formula is C18H17ClN2O2S2. The maximum Gasteiger partial charge on any atom is 0.161 e. The maximum absolute atomic E-state index is 5.85. The first-order chi connectivity index (χ1) is 12.2. The fourth-order valence-electron chi connectivity index (χ4n) is 2.18. The molecule has 0 fully saturated rings. The highest BCUT2D eigenvalue weighted by molar-refractivity contribution is 7.98. The second kappa shape index (κ2) is 8.56. The van der Waals surface area contributed by atoms with Crippen LogP contribution in [0.25, 0.3) is 10.6 Å². The van der Waals surface area contributed by atoms with Crippen molar-refractivity contribution in [2.75, 3.05) is 13.7 Å². The van der Waals surface area contributed by atoms with E-state index in [1.165, 1.54) is 0 Å². The van der Waals surface area contributed by atoms with Gasteiger partial charge in [-0.25, -0.2) is 9.97 Å². The second-order valence-electron chi connectivity index (χ2n) is 5.05. The summed E-state index contributed by atoms with van der Waals surface area (Å²) in [6.45, 7) is 2.56. The Morgan fingerprint density at radius 2 is 2.08 bits per heavy atom. The first-order valence-corrected chi connectivity index (χ1v) is 9.94. The van der Waals surface area contributed by atoms with Gasteiger partial charge in [0.05, 0.1) is 29.5 Å². The molecule has 130 valence electrons. The normalized spacial score (nSPS) is 10.7. The van der Waals surface area contributed by atoms with Gasteiger partial charge in [0.15, 0.2) is 11.5 Å². The van der Waals surface area contributed by atoms with Crippen LogP contribution in [-0.2, 0) is 5.75 Å². The Balaban J connectivity index is 1.71. The van der Waals surface area contributed by atoms with E-state index in [-0.39, 0.29) is 0 Å². The largest absolute Gasteiger partial charge is 0.493 e. The minimum atomic E-state index is 0.604. The topological polar surface area (TPSA) is 44.2 Å². The van der Waals surface area contributed by atoms with Crippen LogP contribution in [0.1, 0.15) is 12.6 Å². The number of ether oxygens (including phenoxy) is 2. The van der Waals surface area contributed by atoms with Crippen LogP contribution >= 0.6 is 34.7 Å². The summed E-state index contributed by atoms with van der Waals surface area (Å²) in [5, 5.41) is 4.61. The molecular weight excluding hydrogens is 376 g/mol. The fraction of sp³-hybridized carbons (Fsp3) is 0.222. The van der Waals surface area contributed by atoms with Crippen molar-refractivity contribution in [2.24, 2.45) is 0 Å². The van der Waals surface area contributed by atoms with Crippen molar-refractivity contribution in [2.45, 2.75) is 17.7 Å². The van der Waals surface area contributed by atoms with Gasteiger partial charge < -0.3 is 9.47 Å². The highest BCUT2D eigenvalue weighted by atomic mass is 35.5. The van der Waals surface area contributed by atoms with Gasteiger partial charge in [-0.3, -0.25) is 0 Å². The zero-order valence-corrected chi connectivity index (χ0v) is 16.2. The molecule has 25 heavy (non-hydrogen) atoms. The van der Waals surface area contributed by atoms with E-state index in [9.17, 15) is 0 Å². The van der Waals surface area contributed by atoms with Gasteiger partial charge in [-0.2, -0.15) is 0 Å². The van der Waals surface area contributed by atoms with E-state index in [0.29, 0.717) is 11.6 Å². The summed E-state index contributed by atoms with van der Waals surface area (Å²) in [5.74, 6) is 2.23. The number of thiazole rings is 1. The van der Waals surface area contributed by atoms with E-state index < -0.39 is 0 Å². The highest BCUT2D eigenvalue weighted by Crippen LogP contribution is 2.34. The lowest BCUT2D eigenvalue weighted by Crippen LogP contribution is -1.95. The molecule has 0 aliphatic carbocycles. The summed E-state index contributed by atoms with van der Waals surface area (Å²) in [6, 6.07) is 9.64. The number of nitrogens with zero attached hydrogens (tertiary/aromatic N) is 2. The van der Waals surface area contributed by atoms with E-state index in [4.69, 9.17) is 26.1 Å². The minimum Gasteiger partial charge on any atom is -0.493 e. The Hall–Kier alpha value is -1.76. The molecule has 3 rings (SSSR count). The molecule has 7 heteroatoms. The van der Waals surface area contributed by atoms with Gasteiger partial charge in [0, 0.05) is 22.9 Å². The average Bonchev–Trinajstić information content (AvgIpc) is 3.11. The predicted octanol–water partition coefficient (Wildman–Crippen LogP) is 5.56. The monoisotopic (exact) mass is 392 g/mol. The SMILES string of the molecule is CCOc1ccc(-c2nc(CSc3ccc(Cl)cn3)cs2)cc1OC. The molecule has 0 atom stereocenters. The third-order valence-corrected chi connectivity index (χ3v) is 5.47. The van der Waals surface area contributed by atoms with Gasteiger partial charge in [-0.05, 0) is 37.3 Å². The van der Waals surface area contributed by atoms with Crippen molar-refractivity contribution in [1.29, 1.82) is 0 Å². The standard InChI is InChI=1S/C18H17ClN2O2S2/c1-3-23-15-6-4-12(8-16(15)22-2)18-21-14(11-25-18)10-24-17-7-5-13(19)9-20-17/h4-9,11H,3,10H2,1-2H3. The number of pyridine rings is 1. The van der Waals surface area contributed by atoms with Gasteiger partial charge in [0.2, 0.25) is 0 Å². The van der Waals surface area contributed by atoms with E-state index in [1.807, 2.05) is 37.3 Å². The number of aromatic nitrogens is 2. The van der Waals surface area contributed by atoms with Crippen molar-refractivity contribution in [3.63, 3.8) is 0 Å². The van der Waals surface area contributed by atoms with Crippen LogP contribution in [0.15, 0.2) is 46.9 Å². The average molecular weight is 393 g/mol. The molecule has 4 nitrogen and oxygen atoms in total. The summed E-state index contributed by atoms with van der Waals surface area (Å²) in [7, 11) is 1.64. The Labute approximate surface area is 160 Å². The molecule has 0 saturated carbocycles. The molecule has 0 amide bonds. The number of hydrogen-bond acceptors (Lipinski definition) is 6. The van der Waals surface area contributed by atoms with Crippen molar-refractivity contribution < 1.29 is 9.47 Å². The molecule has 0 spiro atoms. The molecule has 0 saturated heterocycles. The number of thioether (sulfide) groups is 1. The van der Waals surface area contributed by atoms with Crippen molar-refractivity contribution in [3.05, 3.63) is 52.6 Å². The zero-order valence-electron chi connectivity index (χ0n) is 13.9. The first-order valence-electron chi connectivity index (χ1n) is 7.69. The second-order valence-corrected chi connectivity index (χ2v) is 7.34. The molecule has 0 aliphatic rings. The molecule has 2 heterocycles. The molecule has 3 aromatic rings. The van der Waals surface area contributed by atoms with Crippen LogP contribution in [0.5, 0.6) is 11.5 Å². The number of methoxy groups -OCH3 is 1. The predicted molar refractivity (Wildman–Crippen MR) is 104 cm³/mol. The van der Waals surface area contributed by atoms with Crippen LogP contribution in [0.3, 0.4) is 0 Å². The minimum absolute atomic E-state index is 0.604. The summed E-state index contributed by atoms with van der Waals surface area (Å²) in [6.07, 6.45) is 1.66. The van der Waals surface area contributed by atoms with Gasteiger partial charge in [0.1, 0.15) is 5.01 Å². The van der Waals surface area contributed by atoms with Gasteiger partial charge in [0.25, 0.3) is 0 Å². The van der Waals surface area contributed by atoms with Crippen LogP contribution < -0.4 is 9.47 Å². The van der Waals surface area contributed by atoms with Crippen LogP contribution in [-0.4, -0.2) is 23.7 Å². The van der Waals surface area contributed by atoms with E-state index in [2.05, 4.69) is 10.4 Å². The first kappa shape index (κ1) is 18.0. The zero-order chi connectivity index (χ0) is 17.6. The lowest BCUT2D eigenvalue weighted by molar-refractivity contribution is 0.311. The van der Waals surface area contributed by atoms with Crippen molar-refractivity contribution in [3.8, 4) is 22.1 Å². The Morgan fingerprint density at radius 1 is 1.20 bits per heavy atom. The van der Waals surface area contributed by atoms with Gasteiger partial charge >= 0.3 is 0 Å². The third-order valence-electron chi connectivity index (χ3n) is 3.33. The van der Waals surface area contributed by atoms with E-state index >= 15 is 0 Å². The number of rotatable bonds is 7. The Morgan fingerprint density at radius 3 is 2.80 bits per heavy atom. The third kappa shape index (κ3) is 4.66. The van der Waals surface area contributed by atoms with Crippen LogP contribution in [0, 0.1) is 0 Å². The molecule has 0 radical (unpaired) electrons. The smallest absolute Gasteiger partial charge is 0.161 e. The van der Waals surface area contributed by atoms with E-state index in [1.54, 1.807) is 36.4 Å². The van der Waals surface area contributed by atoms with E-state index in [0.717, 1.165) is 38.5 Å². The lowest BCUT2D eigenvalue weighted by Gasteiger charge is -2.09. The van der Waals surface area contributed by atoms with Crippen molar-refractivity contribution in [1.82, 2.24) is 9.97 Å². The summed E-state index contributed by atoms with van der Waals surface area (Å²) >= 11 is 9.11. The summed E-state index contributed by atoms with van der Waals surface area (Å²) in [5.41, 5.74) is 2.04. The summed E-state index contributed by atoms with van der Waals surface area (Å²) < 4.78 is 11.0. The molecule has 1 aromatic carbocycles.